The third-order valence-corrected chi connectivity index (χ3v) is 3.42. The number of aromatic nitrogens is 3. The molecule has 3 rings (SSSR count). The van der Waals surface area contributed by atoms with Gasteiger partial charge in [0.05, 0.1) is 0 Å². The van der Waals surface area contributed by atoms with Gasteiger partial charge >= 0.3 is 6.01 Å². The molecule has 0 aliphatic heterocycles. The van der Waals surface area contributed by atoms with E-state index in [0.29, 0.717) is 16.4 Å². The number of nitrogens with zero attached hydrogens (tertiary/aromatic N) is 3. The van der Waals surface area contributed by atoms with Gasteiger partial charge in [0.1, 0.15) is 5.75 Å². The molecule has 0 spiro atoms. The first-order valence-electron chi connectivity index (χ1n) is 6.49. The molecule has 0 aliphatic rings. The van der Waals surface area contributed by atoms with Crippen molar-refractivity contribution in [2.24, 2.45) is 0 Å². The fraction of sp³-hybridized carbons (Fsp3) is 0.0667. The predicted octanol–water partition coefficient (Wildman–Crippen LogP) is 3.29. The fourth-order valence-electron chi connectivity index (χ4n) is 1.74. The van der Waals surface area contributed by atoms with Crippen molar-refractivity contribution in [1.82, 2.24) is 15.0 Å². The number of hydrogen-bond donors (Lipinski definition) is 1. The minimum absolute atomic E-state index is 0.245. The summed E-state index contributed by atoms with van der Waals surface area (Å²) >= 11 is 1.36. The Hall–Kier alpha value is -2.80. The molecule has 0 bridgehead atoms. The second kappa shape index (κ2) is 6.31. The van der Waals surface area contributed by atoms with Gasteiger partial charge in [0.25, 0.3) is 5.91 Å². The molecule has 0 saturated heterocycles. The van der Waals surface area contributed by atoms with Crippen molar-refractivity contribution in [3.8, 4) is 11.8 Å². The summed E-state index contributed by atoms with van der Waals surface area (Å²) in [4.78, 5) is 24.3. The largest absolute Gasteiger partial charge is 0.424 e. The standard InChI is InChI=1S/C15H12N4O2S/c1-10-5-6-16-14(18-10)21-12-4-2-3-11(9-12)13(20)19-15-17-7-8-22-15/h2-9H,1H3,(H,17,19,20). The first kappa shape index (κ1) is 14.2. The van der Waals surface area contributed by atoms with E-state index in [4.69, 9.17) is 4.74 Å². The van der Waals surface area contributed by atoms with Gasteiger partial charge < -0.3 is 4.74 Å². The third-order valence-electron chi connectivity index (χ3n) is 2.73. The molecule has 2 heterocycles. The molecule has 0 fully saturated rings. The maximum atomic E-state index is 12.1. The molecule has 1 aromatic carbocycles. The maximum Gasteiger partial charge on any atom is 0.322 e. The normalized spacial score (nSPS) is 10.2. The zero-order valence-corrected chi connectivity index (χ0v) is 12.5. The minimum atomic E-state index is -0.245. The Morgan fingerprint density at radius 1 is 1.23 bits per heavy atom. The van der Waals surface area contributed by atoms with Crippen LogP contribution in [0.15, 0.2) is 48.1 Å². The lowest BCUT2D eigenvalue weighted by atomic mass is 10.2. The van der Waals surface area contributed by atoms with Crippen LogP contribution in [-0.2, 0) is 0 Å². The number of carbonyl (C=O) groups is 1. The summed E-state index contributed by atoms with van der Waals surface area (Å²) in [7, 11) is 0. The fourth-order valence-corrected chi connectivity index (χ4v) is 2.26. The molecule has 6 nitrogen and oxygen atoms in total. The van der Waals surface area contributed by atoms with Crippen LogP contribution in [0.1, 0.15) is 16.1 Å². The van der Waals surface area contributed by atoms with Crippen molar-refractivity contribution in [2.75, 3.05) is 5.32 Å². The first-order chi connectivity index (χ1) is 10.7. The molecule has 0 radical (unpaired) electrons. The lowest BCUT2D eigenvalue weighted by molar-refractivity contribution is 0.102. The lowest BCUT2D eigenvalue weighted by Crippen LogP contribution is -2.11. The smallest absolute Gasteiger partial charge is 0.322 e. The summed E-state index contributed by atoms with van der Waals surface area (Å²) in [6.45, 7) is 1.85. The van der Waals surface area contributed by atoms with Gasteiger partial charge in [-0.05, 0) is 31.2 Å². The quantitative estimate of drug-likeness (QED) is 0.800. The SMILES string of the molecule is Cc1ccnc(Oc2cccc(C(=O)Nc3nccs3)c2)n1. The number of rotatable bonds is 4. The van der Waals surface area contributed by atoms with Crippen LogP contribution < -0.4 is 10.1 Å². The molecule has 22 heavy (non-hydrogen) atoms. The van der Waals surface area contributed by atoms with Crippen molar-refractivity contribution in [3.05, 3.63) is 59.4 Å². The molecule has 0 saturated carbocycles. The molecular weight excluding hydrogens is 300 g/mol. The molecule has 7 heteroatoms. The summed E-state index contributed by atoms with van der Waals surface area (Å²) in [5, 5.41) is 5.07. The van der Waals surface area contributed by atoms with Crippen molar-refractivity contribution < 1.29 is 9.53 Å². The van der Waals surface area contributed by atoms with Gasteiger partial charge in [0.2, 0.25) is 0 Å². The molecule has 1 amide bonds. The maximum absolute atomic E-state index is 12.1. The Bertz CT molecular complexity index is 790. The number of anilines is 1. The second-order valence-electron chi connectivity index (χ2n) is 4.40. The molecule has 3 aromatic rings. The average Bonchev–Trinajstić information content (AvgIpc) is 3.00. The van der Waals surface area contributed by atoms with Crippen LogP contribution in [0.25, 0.3) is 0 Å². The summed E-state index contributed by atoms with van der Waals surface area (Å²) in [6, 6.07) is 8.84. The number of benzene rings is 1. The van der Waals surface area contributed by atoms with Crippen molar-refractivity contribution in [1.29, 1.82) is 0 Å². The van der Waals surface area contributed by atoms with Gasteiger partial charge in [-0.25, -0.2) is 15.0 Å². The molecule has 0 atom stereocenters. The van der Waals surface area contributed by atoms with Gasteiger partial charge in [-0.15, -0.1) is 11.3 Å². The zero-order chi connectivity index (χ0) is 15.4. The number of aryl methyl sites for hydroxylation is 1. The molecule has 0 aliphatic carbocycles. The highest BCUT2D eigenvalue weighted by Gasteiger charge is 2.09. The number of nitrogens with one attached hydrogen (secondary N) is 1. The lowest BCUT2D eigenvalue weighted by Gasteiger charge is -2.06. The van der Waals surface area contributed by atoms with Gasteiger partial charge in [0, 0.05) is 29.0 Å². The van der Waals surface area contributed by atoms with Crippen LogP contribution >= 0.6 is 11.3 Å². The third kappa shape index (κ3) is 3.44. The molecular formula is C15H12N4O2S. The topological polar surface area (TPSA) is 77.0 Å². The van der Waals surface area contributed by atoms with Gasteiger partial charge in [-0.2, -0.15) is 0 Å². The zero-order valence-electron chi connectivity index (χ0n) is 11.7. The summed E-state index contributed by atoms with van der Waals surface area (Å²) in [5.74, 6) is 0.253. The second-order valence-corrected chi connectivity index (χ2v) is 5.30. The molecule has 110 valence electrons. The average molecular weight is 312 g/mol. The van der Waals surface area contributed by atoms with Gasteiger partial charge in [-0.1, -0.05) is 6.07 Å². The molecule has 1 N–H and O–H groups in total. The van der Waals surface area contributed by atoms with Crippen LogP contribution in [0.4, 0.5) is 5.13 Å². The number of amides is 1. The van der Waals surface area contributed by atoms with E-state index in [1.807, 2.05) is 6.92 Å². The molecule has 0 unspecified atom stereocenters. The number of hydrogen-bond acceptors (Lipinski definition) is 6. The van der Waals surface area contributed by atoms with E-state index in [1.54, 1.807) is 48.1 Å². The Labute approximate surface area is 130 Å². The predicted molar refractivity (Wildman–Crippen MR) is 83.4 cm³/mol. The van der Waals surface area contributed by atoms with Crippen molar-refractivity contribution in [3.63, 3.8) is 0 Å². The molecule has 2 aromatic heterocycles. The number of carbonyl (C=O) groups excluding carboxylic acids is 1. The van der Waals surface area contributed by atoms with Crippen LogP contribution in [-0.4, -0.2) is 20.9 Å². The van der Waals surface area contributed by atoms with Crippen LogP contribution in [0.5, 0.6) is 11.8 Å². The minimum Gasteiger partial charge on any atom is -0.424 e. The van der Waals surface area contributed by atoms with Gasteiger partial charge in [0.15, 0.2) is 5.13 Å². The van der Waals surface area contributed by atoms with Crippen LogP contribution in [0.3, 0.4) is 0 Å². The number of thiazole rings is 1. The summed E-state index contributed by atoms with van der Waals surface area (Å²) < 4.78 is 5.57. The van der Waals surface area contributed by atoms with Crippen LogP contribution in [0, 0.1) is 6.92 Å². The van der Waals surface area contributed by atoms with E-state index in [1.165, 1.54) is 11.3 Å². The Morgan fingerprint density at radius 2 is 2.14 bits per heavy atom. The summed E-state index contributed by atoms with van der Waals surface area (Å²) in [5.41, 5.74) is 1.28. The highest BCUT2D eigenvalue weighted by atomic mass is 32.1. The van der Waals surface area contributed by atoms with E-state index in [2.05, 4.69) is 20.3 Å². The Kier molecular flexibility index (Phi) is 4.06. The summed E-state index contributed by atoms with van der Waals surface area (Å²) in [6.07, 6.45) is 3.26. The Morgan fingerprint density at radius 3 is 2.91 bits per heavy atom. The first-order valence-corrected chi connectivity index (χ1v) is 7.37. The monoisotopic (exact) mass is 312 g/mol. The highest BCUT2D eigenvalue weighted by molar-refractivity contribution is 7.13. The highest BCUT2D eigenvalue weighted by Crippen LogP contribution is 2.20. The van der Waals surface area contributed by atoms with E-state index < -0.39 is 0 Å². The van der Waals surface area contributed by atoms with Crippen LogP contribution in [0.2, 0.25) is 0 Å². The van der Waals surface area contributed by atoms with E-state index in [9.17, 15) is 4.79 Å². The van der Waals surface area contributed by atoms with E-state index in [0.717, 1.165) is 5.69 Å². The van der Waals surface area contributed by atoms with Crippen molar-refractivity contribution in [2.45, 2.75) is 6.92 Å². The van der Waals surface area contributed by atoms with Gasteiger partial charge in [-0.3, -0.25) is 10.1 Å². The number of ether oxygens (including phenoxy) is 1. The van der Waals surface area contributed by atoms with E-state index >= 15 is 0 Å². The van der Waals surface area contributed by atoms with Crippen molar-refractivity contribution >= 4 is 22.4 Å². The van der Waals surface area contributed by atoms with E-state index in [-0.39, 0.29) is 11.9 Å². The Balaban J connectivity index is 1.76.